The summed E-state index contributed by atoms with van der Waals surface area (Å²) in [6.07, 6.45) is 6.03. The first kappa shape index (κ1) is 7.29. The van der Waals surface area contributed by atoms with Gasteiger partial charge < -0.3 is 4.74 Å². The molecule has 0 N–H and O–H groups in total. The predicted molar refractivity (Wildman–Crippen MR) is 41.4 cm³/mol. The van der Waals surface area contributed by atoms with Crippen molar-refractivity contribution in [3.63, 3.8) is 0 Å². The van der Waals surface area contributed by atoms with E-state index in [-0.39, 0.29) is 5.60 Å². The van der Waals surface area contributed by atoms with Crippen molar-refractivity contribution in [1.82, 2.24) is 0 Å². The number of carbonyl (C=O) groups excluding carboxylic acids is 1. The molecule has 1 saturated heterocycles. The molecule has 1 heterocycles. The van der Waals surface area contributed by atoms with Gasteiger partial charge in [-0.05, 0) is 32.1 Å². The van der Waals surface area contributed by atoms with Gasteiger partial charge in [0.25, 0.3) is 0 Å². The van der Waals surface area contributed by atoms with Crippen molar-refractivity contribution in [1.29, 1.82) is 0 Å². The summed E-state index contributed by atoms with van der Waals surface area (Å²) in [6.45, 7) is 0.797. The molecule has 0 aromatic rings. The van der Waals surface area contributed by atoms with Crippen molar-refractivity contribution in [2.75, 3.05) is 6.61 Å². The van der Waals surface area contributed by atoms with Crippen molar-refractivity contribution >= 4 is 5.78 Å². The second-order valence-electron chi connectivity index (χ2n) is 3.58. The molecule has 0 aromatic carbocycles. The van der Waals surface area contributed by atoms with Crippen LogP contribution in [0.2, 0.25) is 0 Å². The second kappa shape index (κ2) is 2.59. The molecule has 0 amide bonds. The highest BCUT2D eigenvalue weighted by Gasteiger charge is 2.43. The van der Waals surface area contributed by atoms with Crippen LogP contribution >= 0.6 is 0 Å². The summed E-state index contributed by atoms with van der Waals surface area (Å²) in [5.41, 5.74) is -0.307. The average molecular weight is 154 g/mol. The molecule has 1 spiro atoms. The van der Waals surface area contributed by atoms with E-state index in [0.717, 1.165) is 38.7 Å². The van der Waals surface area contributed by atoms with E-state index in [0.29, 0.717) is 5.78 Å². The molecule has 62 valence electrons. The van der Waals surface area contributed by atoms with Crippen molar-refractivity contribution in [2.45, 2.75) is 44.1 Å². The molecule has 1 atom stereocenters. The molecule has 1 aliphatic carbocycles. The molecular weight excluding hydrogens is 140 g/mol. The van der Waals surface area contributed by atoms with Gasteiger partial charge in [-0.1, -0.05) is 0 Å². The molecule has 1 aliphatic heterocycles. The van der Waals surface area contributed by atoms with Gasteiger partial charge in [0.15, 0.2) is 5.78 Å². The van der Waals surface area contributed by atoms with Crippen LogP contribution in [0.1, 0.15) is 38.5 Å². The van der Waals surface area contributed by atoms with Crippen LogP contribution in [-0.2, 0) is 9.53 Å². The van der Waals surface area contributed by atoms with Gasteiger partial charge in [-0.2, -0.15) is 0 Å². The van der Waals surface area contributed by atoms with E-state index in [1.807, 2.05) is 0 Å². The molecule has 2 rings (SSSR count). The molecule has 2 fully saturated rings. The largest absolute Gasteiger partial charge is 0.367 e. The zero-order valence-electron chi connectivity index (χ0n) is 6.77. The quantitative estimate of drug-likeness (QED) is 0.530. The Labute approximate surface area is 66.9 Å². The summed E-state index contributed by atoms with van der Waals surface area (Å²) in [7, 11) is 0. The Bertz CT molecular complexity index is 168. The normalized spacial score (nSPS) is 38.4. The van der Waals surface area contributed by atoms with E-state index in [2.05, 4.69) is 0 Å². The van der Waals surface area contributed by atoms with E-state index in [9.17, 15) is 4.79 Å². The van der Waals surface area contributed by atoms with Crippen LogP contribution in [0.15, 0.2) is 0 Å². The fourth-order valence-electron chi connectivity index (χ4n) is 2.18. The number of ketones is 1. The summed E-state index contributed by atoms with van der Waals surface area (Å²) in [4.78, 5) is 11.5. The highest BCUT2D eigenvalue weighted by atomic mass is 16.5. The third kappa shape index (κ3) is 1.09. The van der Waals surface area contributed by atoms with E-state index in [1.54, 1.807) is 0 Å². The minimum atomic E-state index is -0.307. The zero-order valence-corrected chi connectivity index (χ0v) is 6.77. The summed E-state index contributed by atoms with van der Waals surface area (Å²) < 4.78 is 5.54. The molecule has 0 radical (unpaired) electrons. The third-order valence-corrected chi connectivity index (χ3v) is 2.85. The molecule has 2 nitrogen and oxygen atoms in total. The molecule has 2 heteroatoms. The maximum Gasteiger partial charge on any atom is 0.164 e. The smallest absolute Gasteiger partial charge is 0.164 e. The number of carbonyl (C=O) groups is 1. The Kier molecular flexibility index (Phi) is 1.72. The molecule has 1 saturated carbocycles. The summed E-state index contributed by atoms with van der Waals surface area (Å²) in [6, 6.07) is 0. The maximum atomic E-state index is 11.5. The van der Waals surface area contributed by atoms with Crippen LogP contribution in [-0.4, -0.2) is 18.0 Å². The van der Waals surface area contributed by atoms with Crippen LogP contribution < -0.4 is 0 Å². The molecule has 0 aromatic heterocycles. The van der Waals surface area contributed by atoms with Crippen LogP contribution in [0.4, 0.5) is 0 Å². The first-order valence-corrected chi connectivity index (χ1v) is 4.51. The lowest BCUT2D eigenvalue weighted by Gasteiger charge is -2.30. The lowest BCUT2D eigenvalue weighted by atomic mass is 9.82. The lowest BCUT2D eigenvalue weighted by Crippen LogP contribution is -2.40. The summed E-state index contributed by atoms with van der Waals surface area (Å²) in [5.74, 6) is 0.362. The number of hydrogen-bond donors (Lipinski definition) is 0. The van der Waals surface area contributed by atoms with Crippen LogP contribution in [0.5, 0.6) is 0 Å². The molecule has 2 aliphatic rings. The Morgan fingerprint density at radius 3 is 2.64 bits per heavy atom. The fraction of sp³-hybridized carbons (Fsp3) is 0.889. The van der Waals surface area contributed by atoms with Gasteiger partial charge in [-0.25, -0.2) is 0 Å². The van der Waals surface area contributed by atoms with Gasteiger partial charge in [0, 0.05) is 13.0 Å². The third-order valence-electron chi connectivity index (χ3n) is 2.85. The Hall–Kier alpha value is -0.370. The van der Waals surface area contributed by atoms with E-state index in [4.69, 9.17) is 4.74 Å². The van der Waals surface area contributed by atoms with Gasteiger partial charge in [-0.15, -0.1) is 0 Å². The van der Waals surface area contributed by atoms with Crippen molar-refractivity contribution in [2.24, 2.45) is 0 Å². The molecule has 0 bridgehead atoms. The van der Waals surface area contributed by atoms with E-state index < -0.39 is 0 Å². The van der Waals surface area contributed by atoms with Gasteiger partial charge in [0.2, 0.25) is 0 Å². The number of ether oxygens (including phenoxy) is 1. The van der Waals surface area contributed by atoms with Gasteiger partial charge in [0.1, 0.15) is 5.60 Å². The number of hydrogen-bond acceptors (Lipinski definition) is 2. The zero-order chi connectivity index (χ0) is 7.73. The first-order chi connectivity index (χ1) is 5.33. The van der Waals surface area contributed by atoms with Gasteiger partial charge in [-0.3, -0.25) is 4.79 Å². The van der Waals surface area contributed by atoms with Crippen LogP contribution in [0, 0.1) is 0 Å². The first-order valence-electron chi connectivity index (χ1n) is 4.51. The van der Waals surface area contributed by atoms with Gasteiger partial charge in [0.05, 0.1) is 0 Å². The Morgan fingerprint density at radius 2 is 2.00 bits per heavy atom. The predicted octanol–water partition coefficient (Wildman–Crippen LogP) is 1.68. The summed E-state index contributed by atoms with van der Waals surface area (Å²) >= 11 is 0. The topological polar surface area (TPSA) is 26.3 Å². The Morgan fingerprint density at radius 1 is 1.18 bits per heavy atom. The number of rotatable bonds is 0. The molecule has 11 heavy (non-hydrogen) atoms. The van der Waals surface area contributed by atoms with E-state index >= 15 is 0 Å². The SMILES string of the molecule is O=C1CCCC[C@@]12CCCO2. The summed E-state index contributed by atoms with van der Waals surface area (Å²) in [5, 5.41) is 0. The fourth-order valence-corrected chi connectivity index (χ4v) is 2.18. The Balaban J connectivity index is 2.13. The number of Topliss-reactive ketones (excluding diaryl/α,β-unsaturated/α-hetero) is 1. The second-order valence-corrected chi connectivity index (χ2v) is 3.58. The minimum absolute atomic E-state index is 0.307. The van der Waals surface area contributed by atoms with Crippen molar-refractivity contribution in [3.8, 4) is 0 Å². The lowest BCUT2D eigenvalue weighted by molar-refractivity contribution is -0.142. The van der Waals surface area contributed by atoms with Crippen LogP contribution in [0.3, 0.4) is 0 Å². The standard InChI is InChI=1S/C9H14O2/c10-8-4-1-2-5-9(8)6-3-7-11-9/h1-7H2/t9-/m1/s1. The average Bonchev–Trinajstić information content (AvgIpc) is 2.46. The van der Waals surface area contributed by atoms with Crippen LogP contribution in [0.25, 0.3) is 0 Å². The molecular formula is C9H14O2. The monoisotopic (exact) mass is 154 g/mol. The van der Waals surface area contributed by atoms with Crippen molar-refractivity contribution < 1.29 is 9.53 Å². The van der Waals surface area contributed by atoms with E-state index in [1.165, 1.54) is 6.42 Å². The highest BCUT2D eigenvalue weighted by Crippen LogP contribution is 2.36. The minimum Gasteiger partial charge on any atom is -0.367 e. The molecule has 0 unspecified atom stereocenters. The van der Waals surface area contributed by atoms with Crippen molar-refractivity contribution in [3.05, 3.63) is 0 Å². The highest BCUT2D eigenvalue weighted by molar-refractivity contribution is 5.88. The maximum absolute atomic E-state index is 11.5. The van der Waals surface area contributed by atoms with Gasteiger partial charge >= 0.3 is 0 Å².